The standard InChI is InChI=1S/C29H25N5O2S/c1-17-4-2-7-23(12-17)34-29(36)33-22-10-8-19(9-11-22)24-16-37-26-21(15-32-27(30)25(24)26)14-18-5-3-6-20(13-18)28(31)35/h2-13,15-16H,14H2,1H3,(H2,30,32)(H2,31,35)(H2,33,34,36). The molecule has 2 aromatic heterocycles. The Balaban J connectivity index is 1.37. The number of amides is 3. The largest absolute Gasteiger partial charge is 0.383 e. The van der Waals surface area contributed by atoms with Gasteiger partial charge in [-0.1, -0.05) is 36.4 Å². The third kappa shape index (κ3) is 5.29. The van der Waals surface area contributed by atoms with Crippen molar-refractivity contribution in [1.82, 2.24) is 4.98 Å². The Kier molecular flexibility index (Phi) is 6.57. The van der Waals surface area contributed by atoms with Gasteiger partial charge in [-0.2, -0.15) is 0 Å². The van der Waals surface area contributed by atoms with Crippen LogP contribution in [0.3, 0.4) is 0 Å². The number of aryl methyl sites for hydroxylation is 1. The summed E-state index contributed by atoms with van der Waals surface area (Å²) in [5, 5.41) is 8.67. The van der Waals surface area contributed by atoms with Crippen LogP contribution in [0, 0.1) is 6.92 Å². The first-order valence-corrected chi connectivity index (χ1v) is 12.5. The summed E-state index contributed by atoms with van der Waals surface area (Å²) in [7, 11) is 0. The highest BCUT2D eigenvalue weighted by Crippen LogP contribution is 2.39. The smallest absolute Gasteiger partial charge is 0.323 e. The van der Waals surface area contributed by atoms with E-state index in [0.717, 1.165) is 43.6 Å². The van der Waals surface area contributed by atoms with Gasteiger partial charge >= 0.3 is 6.03 Å². The van der Waals surface area contributed by atoms with Crippen LogP contribution in [0.25, 0.3) is 21.2 Å². The fourth-order valence-corrected chi connectivity index (χ4v) is 5.36. The maximum atomic E-state index is 12.4. The van der Waals surface area contributed by atoms with Crippen molar-refractivity contribution in [3.63, 3.8) is 0 Å². The van der Waals surface area contributed by atoms with Crippen LogP contribution in [0.4, 0.5) is 22.0 Å². The van der Waals surface area contributed by atoms with Crippen molar-refractivity contribution in [3.8, 4) is 11.1 Å². The summed E-state index contributed by atoms with van der Waals surface area (Å²) in [5.74, 6) is 0.00652. The predicted octanol–water partition coefficient (Wildman–Crippen LogP) is 6.19. The van der Waals surface area contributed by atoms with Crippen molar-refractivity contribution < 1.29 is 9.59 Å². The molecule has 0 fully saturated rings. The Bertz CT molecular complexity index is 1630. The fourth-order valence-electron chi connectivity index (χ4n) is 4.26. The third-order valence-electron chi connectivity index (χ3n) is 6.03. The molecule has 8 heteroatoms. The lowest BCUT2D eigenvalue weighted by atomic mass is 10.0. The molecule has 5 aromatic rings. The highest BCUT2D eigenvalue weighted by Gasteiger charge is 2.15. The number of nitrogens with one attached hydrogen (secondary N) is 2. The molecule has 5 rings (SSSR count). The maximum absolute atomic E-state index is 12.4. The molecular formula is C29H25N5O2S. The van der Waals surface area contributed by atoms with Crippen molar-refractivity contribution >= 4 is 50.6 Å². The van der Waals surface area contributed by atoms with Gasteiger partial charge in [0.15, 0.2) is 0 Å². The van der Waals surface area contributed by atoms with Crippen molar-refractivity contribution in [2.24, 2.45) is 5.73 Å². The van der Waals surface area contributed by atoms with Crippen molar-refractivity contribution in [1.29, 1.82) is 0 Å². The molecule has 0 atom stereocenters. The number of pyridine rings is 1. The summed E-state index contributed by atoms with van der Waals surface area (Å²) in [6.07, 6.45) is 2.39. The highest BCUT2D eigenvalue weighted by molar-refractivity contribution is 7.18. The van der Waals surface area contributed by atoms with Crippen molar-refractivity contribution in [3.05, 3.63) is 107 Å². The van der Waals surface area contributed by atoms with E-state index in [0.29, 0.717) is 23.5 Å². The highest BCUT2D eigenvalue weighted by atomic mass is 32.1. The van der Waals surface area contributed by atoms with Crippen LogP contribution >= 0.6 is 11.3 Å². The zero-order valence-electron chi connectivity index (χ0n) is 20.1. The number of primary amides is 1. The van der Waals surface area contributed by atoms with E-state index in [4.69, 9.17) is 11.5 Å². The second-order valence-corrected chi connectivity index (χ2v) is 9.67. The van der Waals surface area contributed by atoms with Gasteiger partial charge in [-0.15, -0.1) is 11.3 Å². The molecule has 6 N–H and O–H groups in total. The van der Waals surface area contributed by atoms with E-state index in [1.54, 1.807) is 29.7 Å². The summed E-state index contributed by atoms with van der Waals surface area (Å²) >= 11 is 1.61. The Morgan fingerprint density at radius 3 is 2.46 bits per heavy atom. The van der Waals surface area contributed by atoms with Crippen LogP contribution in [0.1, 0.15) is 27.0 Å². The Morgan fingerprint density at radius 2 is 1.70 bits per heavy atom. The molecule has 0 unspecified atom stereocenters. The molecule has 3 amide bonds. The van der Waals surface area contributed by atoms with Gasteiger partial charge in [-0.05, 0) is 71.0 Å². The third-order valence-corrected chi connectivity index (χ3v) is 7.09. The minimum atomic E-state index is -0.452. The van der Waals surface area contributed by atoms with Gasteiger partial charge < -0.3 is 22.1 Å². The molecule has 37 heavy (non-hydrogen) atoms. The number of hydrogen-bond acceptors (Lipinski definition) is 5. The molecule has 0 bridgehead atoms. The molecule has 0 saturated heterocycles. The second kappa shape index (κ2) is 10.1. The lowest BCUT2D eigenvalue weighted by molar-refractivity contribution is 0.1000. The molecule has 0 aliphatic carbocycles. The number of nitrogen functional groups attached to an aromatic ring is 1. The van der Waals surface area contributed by atoms with Gasteiger partial charge in [0.2, 0.25) is 5.91 Å². The van der Waals surface area contributed by atoms with Crippen LogP contribution in [0.2, 0.25) is 0 Å². The average Bonchev–Trinajstić information content (AvgIpc) is 3.33. The fraction of sp³-hybridized carbons (Fsp3) is 0.0690. The van der Waals surface area contributed by atoms with Gasteiger partial charge in [-0.25, -0.2) is 9.78 Å². The minimum absolute atomic E-state index is 0.308. The average molecular weight is 508 g/mol. The number of carbonyl (C=O) groups is 2. The quantitative estimate of drug-likeness (QED) is 0.219. The zero-order valence-corrected chi connectivity index (χ0v) is 20.9. The Labute approximate surface area is 218 Å². The number of aromatic nitrogens is 1. The number of nitrogens with zero attached hydrogens (tertiary/aromatic N) is 1. The molecule has 0 saturated carbocycles. The molecule has 2 heterocycles. The van der Waals surface area contributed by atoms with E-state index >= 15 is 0 Å². The number of thiophene rings is 1. The van der Waals surface area contributed by atoms with Gasteiger partial charge in [0.05, 0.1) is 0 Å². The van der Waals surface area contributed by atoms with Gasteiger partial charge in [0, 0.05) is 45.2 Å². The predicted molar refractivity (Wildman–Crippen MR) is 151 cm³/mol. The molecule has 0 radical (unpaired) electrons. The number of fused-ring (bicyclic) bond motifs is 1. The van der Waals surface area contributed by atoms with Crippen molar-refractivity contribution in [2.45, 2.75) is 13.3 Å². The Morgan fingerprint density at radius 1 is 0.946 bits per heavy atom. The van der Waals surface area contributed by atoms with E-state index in [-0.39, 0.29) is 6.03 Å². The molecule has 0 aliphatic heterocycles. The zero-order chi connectivity index (χ0) is 25.9. The number of benzene rings is 3. The molecule has 0 spiro atoms. The molecule has 3 aromatic carbocycles. The first-order valence-electron chi connectivity index (χ1n) is 11.7. The molecule has 0 aliphatic rings. The second-order valence-electron chi connectivity index (χ2n) is 8.79. The number of urea groups is 1. The SMILES string of the molecule is Cc1cccc(NC(=O)Nc2ccc(-c3csc4c(Cc5cccc(C(N)=O)c5)cnc(N)c34)cc2)c1. The summed E-state index contributed by atoms with van der Waals surface area (Å²) in [4.78, 5) is 28.4. The molecule has 184 valence electrons. The van der Waals surface area contributed by atoms with Gasteiger partial charge in [0.1, 0.15) is 5.82 Å². The van der Waals surface area contributed by atoms with Crippen LogP contribution in [-0.4, -0.2) is 16.9 Å². The first kappa shape index (κ1) is 24.0. The van der Waals surface area contributed by atoms with Crippen LogP contribution in [0.5, 0.6) is 0 Å². The normalized spacial score (nSPS) is 10.8. The van der Waals surface area contributed by atoms with E-state index in [2.05, 4.69) is 21.0 Å². The summed E-state index contributed by atoms with van der Waals surface area (Å²) in [6, 6.07) is 22.2. The van der Waals surface area contributed by atoms with Crippen LogP contribution in [-0.2, 0) is 6.42 Å². The number of carbonyl (C=O) groups excluding carboxylic acids is 2. The number of nitrogens with two attached hydrogens (primary N) is 2. The number of anilines is 3. The minimum Gasteiger partial charge on any atom is -0.383 e. The van der Waals surface area contributed by atoms with Gasteiger partial charge in [-0.3, -0.25) is 4.79 Å². The van der Waals surface area contributed by atoms with Crippen LogP contribution in [0.15, 0.2) is 84.4 Å². The summed E-state index contributed by atoms with van der Waals surface area (Å²) in [6.45, 7) is 1.97. The summed E-state index contributed by atoms with van der Waals surface area (Å²) in [5.41, 5.74) is 18.7. The lowest BCUT2D eigenvalue weighted by Gasteiger charge is -2.10. The van der Waals surface area contributed by atoms with Crippen LogP contribution < -0.4 is 22.1 Å². The van der Waals surface area contributed by atoms with Gasteiger partial charge in [0.25, 0.3) is 0 Å². The number of hydrogen-bond donors (Lipinski definition) is 4. The van der Waals surface area contributed by atoms with E-state index in [1.165, 1.54) is 0 Å². The van der Waals surface area contributed by atoms with E-state index in [1.807, 2.05) is 67.6 Å². The molecule has 7 nitrogen and oxygen atoms in total. The lowest BCUT2D eigenvalue weighted by Crippen LogP contribution is -2.19. The van der Waals surface area contributed by atoms with Crippen molar-refractivity contribution in [2.75, 3.05) is 16.4 Å². The summed E-state index contributed by atoms with van der Waals surface area (Å²) < 4.78 is 1.05. The monoisotopic (exact) mass is 507 g/mol. The maximum Gasteiger partial charge on any atom is 0.323 e. The van der Waals surface area contributed by atoms with E-state index in [9.17, 15) is 9.59 Å². The number of rotatable bonds is 6. The first-order chi connectivity index (χ1) is 17.9. The molecular weight excluding hydrogens is 482 g/mol. The topological polar surface area (TPSA) is 123 Å². The Hall–Kier alpha value is -4.69. The van der Waals surface area contributed by atoms with E-state index < -0.39 is 5.91 Å².